The number of nitrogens with two attached hydrogens (primary N) is 1. The van der Waals surface area contributed by atoms with Crippen LogP contribution in [0.5, 0.6) is 0 Å². The van der Waals surface area contributed by atoms with Gasteiger partial charge in [-0.3, -0.25) is 4.79 Å². The van der Waals surface area contributed by atoms with Gasteiger partial charge in [-0.05, 0) is 31.4 Å². The van der Waals surface area contributed by atoms with E-state index in [9.17, 15) is 4.79 Å². The molecule has 1 heterocycles. The summed E-state index contributed by atoms with van der Waals surface area (Å²) >= 11 is 0. The highest BCUT2D eigenvalue weighted by molar-refractivity contribution is 5.78. The summed E-state index contributed by atoms with van der Waals surface area (Å²) in [6.45, 7) is 4.50. The number of piperidine rings is 1. The first kappa shape index (κ1) is 13.9. The van der Waals surface area contributed by atoms with Crippen LogP contribution in [-0.2, 0) is 11.3 Å². The highest BCUT2D eigenvalue weighted by atomic mass is 16.1. The van der Waals surface area contributed by atoms with Crippen molar-refractivity contribution >= 4 is 11.6 Å². The molecule has 1 aromatic rings. The third-order valence-electron chi connectivity index (χ3n) is 3.91. The number of benzene rings is 1. The Morgan fingerprint density at radius 3 is 2.68 bits per heavy atom. The topological polar surface area (TPSA) is 58.4 Å². The van der Waals surface area contributed by atoms with Crippen LogP contribution < -0.4 is 16.0 Å². The van der Waals surface area contributed by atoms with Gasteiger partial charge in [0.25, 0.3) is 0 Å². The van der Waals surface area contributed by atoms with Crippen molar-refractivity contribution in [1.29, 1.82) is 0 Å². The maximum atomic E-state index is 11.6. The Hall–Kier alpha value is -1.55. The lowest BCUT2D eigenvalue weighted by molar-refractivity contribution is -0.125. The molecule has 0 saturated carbocycles. The van der Waals surface area contributed by atoms with Crippen molar-refractivity contribution in [3.8, 4) is 0 Å². The monoisotopic (exact) mass is 261 g/mol. The first-order valence-corrected chi connectivity index (χ1v) is 6.92. The minimum Gasteiger partial charge on any atom is -0.371 e. The number of nitrogens with one attached hydrogen (secondary N) is 1. The average Bonchev–Trinajstić information content (AvgIpc) is 2.46. The highest BCUT2D eigenvalue weighted by Crippen LogP contribution is 2.27. The SMILES string of the molecule is CNC(=O)C1CCN(c2ccc(C)cc2CN)CC1. The van der Waals surface area contributed by atoms with Crippen molar-refractivity contribution in [1.82, 2.24) is 5.32 Å². The van der Waals surface area contributed by atoms with Crippen LogP contribution in [0.4, 0.5) is 5.69 Å². The molecule has 4 heteroatoms. The molecule has 0 bridgehead atoms. The molecule has 0 radical (unpaired) electrons. The van der Waals surface area contributed by atoms with Crippen molar-refractivity contribution in [3.63, 3.8) is 0 Å². The summed E-state index contributed by atoms with van der Waals surface area (Å²) in [5.41, 5.74) is 9.49. The Morgan fingerprint density at radius 2 is 2.11 bits per heavy atom. The van der Waals surface area contributed by atoms with Crippen molar-refractivity contribution < 1.29 is 4.79 Å². The Kier molecular flexibility index (Phi) is 4.43. The molecule has 1 amide bonds. The summed E-state index contributed by atoms with van der Waals surface area (Å²) in [5, 5.41) is 2.74. The Balaban J connectivity index is 2.07. The fraction of sp³-hybridized carbons (Fsp3) is 0.533. The smallest absolute Gasteiger partial charge is 0.222 e. The van der Waals surface area contributed by atoms with E-state index in [0.717, 1.165) is 25.9 Å². The maximum absolute atomic E-state index is 11.6. The van der Waals surface area contributed by atoms with E-state index >= 15 is 0 Å². The molecule has 4 nitrogen and oxygen atoms in total. The Bertz CT molecular complexity index is 451. The number of carbonyl (C=O) groups excluding carboxylic acids is 1. The number of rotatable bonds is 3. The second-order valence-electron chi connectivity index (χ2n) is 5.21. The molecular weight excluding hydrogens is 238 g/mol. The minimum absolute atomic E-state index is 0.160. The van der Waals surface area contributed by atoms with E-state index in [1.54, 1.807) is 7.05 Å². The van der Waals surface area contributed by atoms with E-state index in [0.29, 0.717) is 6.54 Å². The molecule has 3 N–H and O–H groups in total. The normalized spacial score (nSPS) is 16.5. The van der Waals surface area contributed by atoms with E-state index in [1.807, 2.05) is 0 Å². The molecule has 1 saturated heterocycles. The van der Waals surface area contributed by atoms with E-state index in [-0.39, 0.29) is 11.8 Å². The summed E-state index contributed by atoms with van der Waals surface area (Å²) in [6.07, 6.45) is 1.83. The van der Waals surface area contributed by atoms with Crippen molar-refractivity contribution in [2.75, 3.05) is 25.0 Å². The highest BCUT2D eigenvalue weighted by Gasteiger charge is 2.25. The lowest BCUT2D eigenvalue weighted by Crippen LogP contribution is -2.40. The average molecular weight is 261 g/mol. The first-order chi connectivity index (χ1) is 9.15. The number of carbonyl (C=O) groups is 1. The quantitative estimate of drug-likeness (QED) is 0.865. The molecule has 1 aromatic carbocycles. The van der Waals surface area contributed by atoms with Crippen LogP contribution in [0.3, 0.4) is 0 Å². The van der Waals surface area contributed by atoms with Crippen LogP contribution >= 0.6 is 0 Å². The van der Waals surface area contributed by atoms with Gasteiger partial charge < -0.3 is 16.0 Å². The molecule has 19 heavy (non-hydrogen) atoms. The van der Waals surface area contributed by atoms with E-state index < -0.39 is 0 Å². The molecule has 104 valence electrons. The van der Waals surface area contributed by atoms with Crippen LogP contribution in [-0.4, -0.2) is 26.0 Å². The number of nitrogens with zero attached hydrogens (tertiary/aromatic N) is 1. The van der Waals surface area contributed by atoms with Crippen LogP contribution in [0.25, 0.3) is 0 Å². The van der Waals surface area contributed by atoms with E-state index in [4.69, 9.17) is 5.73 Å². The second kappa shape index (κ2) is 6.06. The molecule has 0 aromatic heterocycles. The lowest BCUT2D eigenvalue weighted by Gasteiger charge is -2.34. The number of aryl methyl sites for hydroxylation is 1. The summed E-state index contributed by atoms with van der Waals surface area (Å²) in [5.74, 6) is 0.329. The van der Waals surface area contributed by atoms with Gasteiger partial charge in [-0.25, -0.2) is 0 Å². The van der Waals surface area contributed by atoms with Gasteiger partial charge >= 0.3 is 0 Å². The molecule has 1 aliphatic rings. The third kappa shape index (κ3) is 3.07. The third-order valence-corrected chi connectivity index (χ3v) is 3.91. The largest absolute Gasteiger partial charge is 0.371 e. The zero-order chi connectivity index (χ0) is 13.8. The van der Waals surface area contributed by atoms with Gasteiger partial charge in [0.05, 0.1) is 0 Å². The van der Waals surface area contributed by atoms with Crippen molar-refractivity contribution in [2.45, 2.75) is 26.3 Å². The maximum Gasteiger partial charge on any atom is 0.222 e. The van der Waals surface area contributed by atoms with E-state index in [2.05, 4.69) is 35.3 Å². The molecule has 0 atom stereocenters. The number of amides is 1. The summed E-state index contributed by atoms with van der Waals surface area (Å²) in [6, 6.07) is 6.43. The molecule has 1 aliphatic heterocycles. The molecule has 0 spiro atoms. The molecule has 0 aliphatic carbocycles. The van der Waals surface area contributed by atoms with Gasteiger partial charge in [-0.2, -0.15) is 0 Å². The van der Waals surface area contributed by atoms with Gasteiger partial charge in [0.15, 0.2) is 0 Å². The van der Waals surface area contributed by atoms with Crippen LogP contribution in [0, 0.1) is 12.8 Å². The number of hydrogen-bond donors (Lipinski definition) is 2. The van der Waals surface area contributed by atoms with Gasteiger partial charge in [-0.15, -0.1) is 0 Å². The predicted octanol–water partition coefficient (Wildman–Crippen LogP) is 1.42. The van der Waals surface area contributed by atoms with E-state index in [1.165, 1.54) is 16.8 Å². The fourth-order valence-corrected chi connectivity index (χ4v) is 2.77. The van der Waals surface area contributed by atoms with Crippen LogP contribution in [0.2, 0.25) is 0 Å². The molecule has 2 rings (SSSR count). The first-order valence-electron chi connectivity index (χ1n) is 6.92. The van der Waals surface area contributed by atoms with Gasteiger partial charge in [0, 0.05) is 38.3 Å². The number of anilines is 1. The van der Waals surface area contributed by atoms with Crippen molar-refractivity contribution in [3.05, 3.63) is 29.3 Å². The summed E-state index contributed by atoms with van der Waals surface area (Å²) in [4.78, 5) is 14.0. The fourth-order valence-electron chi connectivity index (χ4n) is 2.77. The van der Waals surface area contributed by atoms with Crippen LogP contribution in [0.1, 0.15) is 24.0 Å². The Labute approximate surface area is 115 Å². The van der Waals surface area contributed by atoms with Gasteiger partial charge in [0.1, 0.15) is 0 Å². The minimum atomic E-state index is 0.160. The summed E-state index contributed by atoms with van der Waals surface area (Å²) in [7, 11) is 1.71. The number of hydrogen-bond acceptors (Lipinski definition) is 3. The zero-order valence-electron chi connectivity index (χ0n) is 11.8. The summed E-state index contributed by atoms with van der Waals surface area (Å²) < 4.78 is 0. The molecular formula is C15H23N3O. The predicted molar refractivity (Wildman–Crippen MR) is 78.1 cm³/mol. The van der Waals surface area contributed by atoms with Crippen LogP contribution in [0.15, 0.2) is 18.2 Å². The Morgan fingerprint density at radius 1 is 1.42 bits per heavy atom. The van der Waals surface area contributed by atoms with Gasteiger partial charge in [0.2, 0.25) is 5.91 Å². The van der Waals surface area contributed by atoms with Gasteiger partial charge in [-0.1, -0.05) is 17.7 Å². The molecule has 0 unspecified atom stereocenters. The standard InChI is InChI=1S/C15H23N3O/c1-11-3-4-14(13(9-11)10-16)18-7-5-12(6-8-18)15(19)17-2/h3-4,9,12H,5-8,10,16H2,1-2H3,(H,17,19). The second-order valence-corrected chi connectivity index (χ2v) is 5.21. The zero-order valence-corrected chi connectivity index (χ0v) is 11.8. The molecule has 1 fully saturated rings. The van der Waals surface area contributed by atoms with Crippen molar-refractivity contribution in [2.24, 2.45) is 11.7 Å². The lowest BCUT2D eigenvalue weighted by atomic mass is 9.95.